The van der Waals surface area contributed by atoms with Gasteiger partial charge in [-0.1, -0.05) is 64.6 Å². The van der Waals surface area contributed by atoms with Crippen LogP contribution in [0.1, 0.15) is 97.5 Å². The van der Waals surface area contributed by atoms with Crippen LogP contribution >= 0.6 is 11.6 Å². The van der Waals surface area contributed by atoms with E-state index in [1.807, 2.05) is 17.9 Å². The average Bonchev–Trinajstić information content (AvgIpc) is 2.93. The van der Waals surface area contributed by atoms with Crippen molar-refractivity contribution >= 4 is 29.2 Å². The molecule has 0 saturated heterocycles. The zero-order chi connectivity index (χ0) is 30.4. The molecule has 0 fully saturated rings. The monoisotopic (exact) mass is 587 g/mol. The standard InChI is InChI=1S/C33H47ClFN3O3/c1-5-7-10-16-38(22-24-18-26(21-37-20-24)25-14-15-30(35)29(34)19-25)32(40)13-9-8-12-31(39)28(17-23(3)4)27(11-6-2)33(36)41/h14-15,18-21,23,27-28H,5-13,16-17,22H2,1-4H3,(H2,36,41)/t27-,28?/m0/s1. The Morgan fingerprint density at radius 2 is 1.68 bits per heavy atom. The highest BCUT2D eigenvalue weighted by Crippen LogP contribution is 2.28. The summed E-state index contributed by atoms with van der Waals surface area (Å²) < 4.78 is 13.6. The molecule has 6 nitrogen and oxygen atoms in total. The van der Waals surface area contributed by atoms with Crippen molar-refractivity contribution in [3.8, 4) is 11.1 Å². The van der Waals surface area contributed by atoms with Crippen LogP contribution in [-0.2, 0) is 20.9 Å². The van der Waals surface area contributed by atoms with Crippen molar-refractivity contribution in [2.45, 2.75) is 98.4 Å². The van der Waals surface area contributed by atoms with Crippen LogP contribution in [0.3, 0.4) is 0 Å². The highest BCUT2D eigenvalue weighted by Gasteiger charge is 2.31. The van der Waals surface area contributed by atoms with Crippen molar-refractivity contribution in [3.05, 3.63) is 53.1 Å². The van der Waals surface area contributed by atoms with Gasteiger partial charge in [0.15, 0.2) is 0 Å². The first-order chi connectivity index (χ1) is 19.6. The Balaban J connectivity index is 2.03. The number of primary amides is 1. The van der Waals surface area contributed by atoms with Crippen molar-refractivity contribution < 1.29 is 18.8 Å². The second kappa shape index (κ2) is 17.9. The van der Waals surface area contributed by atoms with E-state index < -0.39 is 17.6 Å². The largest absolute Gasteiger partial charge is 0.369 e. The molecule has 0 radical (unpaired) electrons. The van der Waals surface area contributed by atoms with Crippen LogP contribution in [0, 0.1) is 23.6 Å². The predicted octanol–water partition coefficient (Wildman–Crippen LogP) is 7.75. The topological polar surface area (TPSA) is 93.4 Å². The van der Waals surface area contributed by atoms with Crippen LogP contribution in [0.15, 0.2) is 36.7 Å². The summed E-state index contributed by atoms with van der Waals surface area (Å²) >= 11 is 5.97. The van der Waals surface area contributed by atoms with E-state index in [1.165, 1.54) is 6.07 Å². The van der Waals surface area contributed by atoms with Gasteiger partial charge in [-0.25, -0.2) is 4.39 Å². The molecule has 1 aromatic carbocycles. The number of carbonyl (C=O) groups is 3. The van der Waals surface area contributed by atoms with Gasteiger partial charge in [-0.3, -0.25) is 19.4 Å². The normalized spacial score (nSPS) is 12.8. The molecular formula is C33H47ClFN3O3. The molecule has 2 N–H and O–H groups in total. The molecular weight excluding hydrogens is 541 g/mol. The molecule has 41 heavy (non-hydrogen) atoms. The Morgan fingerprint density at radius 3 is 2.32 bits per heavy atom. The number of Topliss-reactive ketones (excluding diaryl/α,β-unsaturated/α-hetero) is 1. The smallest absolute Gasteiger partial charge is 0.222 e. The fourth-order valence-corrected chi connectivity index (χ4v) is 5.45. The fourth-order valence-electron chi connectivity index (χ4n) is 5.27. The fraction of sp³-hybridized carbons (Fsp3) is 0.576. The van der Waals surface area contributed by atoms with E-state index >= 15 is 0 Å². The number of amides is 2. The Bertz CT molecular complexity index is 1140. The van der Waals surface area contributed by atoms with E-state index in [0.29, 0.717) is 51.6 Å². The lowest BCUT2D eigenvalue weighted by molar-refractivity contribution is -0.133. The summed E-state index contributed by atoms with van der Waals surface area (Å²) in [6.45, 7) is 9.29. The third-order valence-electron chi connectivity index (χ3n) is 7.46. The number of pyridine rings is 1. The van der Waals surface area contributed by atoms with Crippen LogP contribution in [0.2, 0.25) is 5.02 Å². The molecule has 0 aliphatic heterocycles. The van der Waals surface area contributed by atoms with Gasteiger partial charge in [0.05, 0.1) is 5.02 Å². The number of rotatable bonds is 19. The number of hydrogen-bond acceptors (Lipinski definition) is 4. The molecule has 0 saturated carbocycles. The molecule has 0 bridgehead atoms. The summed E-state index contributed by atoms with van der Waals surface area (Å²) in [4.78, 5) is 44.7. The number of halogens is 2. The van der Waals surface area contributed by atoms with E-state index in [2.05, 4.69) is 25.8 Å². The van der Waals surface area contributed by atoms with Gasteiger partial charge >= 0.3 is 0 Å². The summed E-state index contributed by atoms with van der Waals surface area (Å²) in [6.07, 6.45) is 10.4. The summed E-state index contributed by atoms with van der Waals surface area (Å²) in [6, 6.07) is 6.52. The molecule has 8 heteroatoms. The predicted molar refractivity (Wildman–Crippen MR) is 164 cm³/mol. The molecule has 2 amide bonds. The Labute approximate surface area is 250 Å². The van der Waals surface area contributed by atoms with Crippen LogP contribution in [0.5, 0.6) is 0 Å². The van der Waals surface area contributed by atoms with Crippen molar-refractivity contribution in [2.75, 3.05) is 6.54 Å². The first kappa shape index (κ1) is 34.4. The number of nitrogens with two attached hydrogens (primary N) is 1. The Hall–Kier alpha value is -2.80. The van der Waals surface area contributed by atoms with Gasteiger partial charge in [0.1, 0.15) is 11.6 Å². The second-order valence-electron chi connectivity index (χ2n) is 11.4. The van der Waals surface area contributed by atoms with E-state index in [-0.39, 0.29) is 28.5 Å². The van der Waals surface area contributed by atoms with Gasteiger partial charge in [-0.15, -0.1) is 0 Å². The Kier molecular flexibility index (Phi) is 15.0. The lowest BCUT2D eigenvalue weighted by Crippen LogP contribution is -2.35. The molecule has 2 aromatic rings. The maximum absolute atomic E-state index is 13.6. The number of ketones is 1. The first-order valence-electron chi connectivity index (χ1n) is 15.1. The molecule has 2 atom stereocenters. The first-order valence-corrected chi connectivity index (χ1v) is 15.4. The minimum absolute atomic E-state index is 0.0449. The lowest BCUT2D eigenvalue weighted by Gasteiger charge is -2.25. The third kappa shape index (κ3) is 11.5. The second-order valence-corrected chi connectivity index (χ2v) is 11.8. The SMILES string of the molecule is CCCCCN(Cc1cncc(-c2ccc(F)c(Cl)c2)c1)C(=O)CCCCC(=O)C(CC(C)C)[C@H](CCC)C(N)=O. The van der Waals surface area contributed by atoms with Crippen LogP contribution in [-0.4, -0.2) is 34.0 Å². The number of aromatic nitrogens is 1. The number of benzene rings is 1. The van der Waals surface area contributed by atoms with Gasteiger partial charge in [-0.05, 0) is 67.3 Å². The highest BCUT2D eigenvalue weighted by molar-refractivity contribution is 6.31. The number of unbranched alkanes of at least 4 members (excludes halogenated alkanes) is 3. The van der Waals surface area contributed by atoms with Gasteiger partial charge < -0.3 is 10.6 Å². The highest BCUT2D eigenvalue weighted by atomic mass is 35.5. The minimum atomic E-state index is -0.474. The molecule has 1 unspecified atom stereocenters. The summed E-state index contributed by atoms with van der Waals surface area (Å²) in [5.74, 6) is -1.25. The van der Waals surface area contributed by atoms with Crippen molar-refractivity contribution in [2.24, 2.45) is 23.5 Å². The van der Waals surface area contributed by atoms with Gasteiger partial charge in [0, 0.05) is 55.7 Å². The zero-order valence-corrected chi connectivity index (χ0v) is 25.9. The summed E-state index contributed by atoms with van der Waals surface area (Å²) in [7, 11) is 0. The van der Waals surface area contributed by atoms with Crippen LogP contribution < -0.4 is 5.73 Å². The molecule has 1 aromatic heterocycles. The third-order valence-corrected chi connectivity index (χ3v) is 7.75. The molecule has 0 aliphatic carbocycles. The number of hydrogen-bond donors (Lipinski definition) is 1. The quantitative estimate of drug-likeness (QED) is 0.170. The molecule has 0 aliphatic rings. The summed E-state index contributed by atoms with van der Waals surface area (Å²) in [5.41, 5.74) is 8.11. The van der Waals surface area contributed by atoms with E-state index in [9.17, 15) is 18.8 Å². The lowest BCUT2D eigenvalue weighted by atomic mass is 9.78. The molecule has 0 spiro atoms. The van der Waals surface area contributed by atoms with E-state index in [4.69, 9.17) is 17.3 Å². The molecule has 1 heterocycles. The van der Waals surface area contributed by atoms with E-state index in [0.717, 1.165) is 42.4 Å². The van der Waals surface area contributed by atoms with Gasteiger partial charge in [0.25, 0.3) is 0 Å². The minimum Gasteiger partial charge on any atom is -0.369 e. The maximum Gasteiger partial charge on any atom is 0.222 e. The van der Waals surface area contributed by atoms with Gasteiger partial charge in [-0.2, -0.15) is 0 Å². The number of carbonyl (C=O) groups excluding carboxylic acids is 3. The van der Waals surface area contributed by atoms with Crippen LogP contribution in [0.25, 0.3) is 11.1 Å². The Morgan fingerprint density at radius 1 is 0.951 bits per heavy atom. The average molecular weight is 588 g/mol. The van der Waals surface area contributed by atoms with E-state index in [1.54, 1.807) is 24.5 Å². The van der Waals surface area contributed by atoms with Crippen molar-refractivity contribution in [1.29, 1.82) is 0 Å². The summed E-state index contributed by atoms with van der Waals surface area (Å²) in [5, 5.41) is 0.0498. The maximum atomic E-state index is 13.6. The number of nitrogens with zero attached hydrogens (tertiary/aromatic N) is 2. The molecule has 2 rings (SSSR count). The van der Waals surface area contributed by atoms with Crippen LogP contribution in [0.4, 0.5) is 4.39 Å². The van der Waals surface area contributed by atoms with Crippen molar-refractivity contribution in [1.82, 2.24) is 9.88 Å². The zero-order valence-electron chi connectivity index (χ0n) is 25.1. The van der Waals surface area contributed by atoms with Gasteiger partial charge in [0.2, 0.25) is 11.8 Å². The van der Waals surface area contributed by atoms with Crippen molar-refractivity contribution in [3.63, 3.8) is 0 Å². The molecule has 226 valence electrons.